The Hall–Kier alpha value is -1.53. The van der Waals surface area contributed by atoms with Crippen molar-refractivity contribution in [2.24, 2.45) is 5.92 Å². The quantitative estimate of drug-likeness (QED) is 0.434. The number of hydrogen-bond donors (Lipinski definition) is 1. The second-order valence-corrected chi connectivity index (χ2v) is 8.79. The van der Waals surface area contributed by atoms with Crippen molar-refractivity contribution in [2.45, 2.75) is 40.2 Å². The van der Waals surface area contributed by atoms with E-state index in [1.807, 2.05) is 18.2 Å². The minimum Gasteiger partial charge on any atom is -0.508 e. The molecule has 0 aliphatic heterocycles. The Bertz CT molecular complexity index is 925. The number of aromatic hydroxyl groups is 1. The van der Waals surface area contributed by atoms with Gasteiger partial charge >= 0.3 is 0 Å². The van der Waals surface area contributed by atoms with Crippen molar-refractivity contribution >= 4 is 42.9 Å². The van der Waals surface area contributed by atoms with Crippen LogP contribution in [-0.4, -0.2) is 14.7 Å². The van der Waals surface area contributed by atoms with Gasteiger partial charge in [-0.3, -0.25) is 0 Å². The van der Waals surface area contributed by atoms with Crippen LogP contribution in [0.3, 0.4) is 0 Å². The largest absolute Gasteiger partial charge is 0.508 e. The van der Waals surface area contributed by atoms with Gasteiger partial charge in [-0.25, -0.2) is 4.98 Å². The lowest BCUT2D eigenvalue weighted by atomic mass is 10.1. The highest BCUT2D eigenvalue weighted by Gasteiger charge is 2.16. The summed E-state index contributed by atoms with van der Waals surface area (Å²) in [6.07, 6.45) is 0.943. The fourth-order valence-electron chi connectivity index (χ4n) is 3.03. The van der Waals surface area contributed by atoms with Crippen molar-refractivity contribution in [3.8, 4) is 17.2 Å². The topological polar surface area (TPSA) is 47.3 Å². The normalized spacial score (nSPS) is 11.7. The first kappa shape index (κ1) is 19.2. The van der Waals surface area contributed by atoms with Crippen molar-refractivity contribution in [3.63, 3.8) is 0 Å². The summed E-state index contributed by atoms with van der Waals surface area (Å²) < 4.78 is 9.73. The van der Waals surface area contributed by atoms with Gasteiger partial charge in [-0.15, -0.1) is 0 Å². The molecule has 6 heteroatoms. The lowest BCUT2D eigenvalue weighted by Gasteiger charge is -2.15. The van der Waals surface area contributed by atoms with Crippen molar-refractivity contribution in [2.75, 3.05) is 0 Å². The number of imidazole rings is 1. The maximum Gasteiger partial charge on any atom is 0.156 e. The smallest absolute Gasteiger partial charge is 0.156 e. The van der Waals surface area contributed by atoms with Gasteiger partial charge in [0.05, 0.1) is 20.0 Å². The fourth-order valence-corrected chi connectivity index (χ4v) is 4.36. The summed E-state index contributed by atoms with van der Waals surface area (Å²) in [5, 5.41) is 9.67. The first-order chi connectivity index (χ1) is 12.3. The van der Waals surface area contributed by atoms with Gasteiger partial charge in [0.1, 0.15) is 17.3 Å². The van der Waals surface area contributed by atoms with Gasteiger partial charge < -0.3 is 14.4 Å². The molecule has 0 spiro atoms. The van der Waals surface area contributed by atoms with Crippen LogP contribution in [0.4, 0.5) is 0 Å². The van der Waals surface area contributed by atoms with Crippen LogP contribution in [0.25, 0.3) is 11.0 Å². The Morgan fingerprint density at radius 3 is 2.31 bits per heavy atom. The molecule has 4 nitrogen and oxygen atoms in total. The number of halogens is 2. The predicted molar refractivity (Wildman–Crippen MR) is 112 cm³/mol. The van der Waals surface area contributed by atoms with E-state index in [2.05, 4.69) is 64.1 Å². The maximum absolute atomic E-state index is 9.67. The molecule has 0 aliphatic rings. The highest BCUT2D eigenvalue weighted by Crippen LogP contribution is 2.40. The van der Waals surface area contributed by atoms with E-state index in [0.29, 0.717) is 26.7 Å². The van der Waals surface area contributed by atoms with Gasteiger partial charge in [0.25, 0.3) is 0 Å². The Morgan fingerprint density at radius 1 is 1.08 bits per heavy atom. The van der Waals surface area contributed by atoms with E-state index in [1.54, 1.807) is 12.1 Å². The third kappa shape index (κ3) is 3.91. The van der Waals surface area contributed by atoms with Gasteiger partial charge in [0, 0.05) is 18.5 Å². The van der Waals surface area contributed by atoms with E-state index < -0.39 is 0 Å². The summed E-state index contributed by atoms with van der Waals surface area (Å²) in [7, 11) is 0. The monoisotopic (exact) mass is 480 g/mol. The molecule has 0 saturated heterocycles. The van der Waals surface area contributed by atoms with Crippen LogP contribution in [0.1, 0.15) is 39.6 Å². The van der Waals surface area contributed by atoms with Crippen LogP contribution in [0.5, 0.6) is 17.2 Å². The van der Waals surface area contributed by atoms with E-state index in [0.717, 1.165) is 29.0 Å². The zero-order chi connectivity index (χ0) is 19.0. The molecule has 0 atom stereocenters. The van der Waals surface area contributed by atoms with E-state index in [1.165, 1.54) is 0 Å². The molecule has 1 aromatic heterocycles. The Labute approximate surface area is 170 Å². The van der Waals surface area contributed by atoms with Crippen LogP contribution < -0.4 is 4.74 Å². The molecule has 0 amide bonds. The van der Waals surface area contributed by atoms with Gasteiger partial charge in [-0.1, -0.05) is 13.8 Å². The van der Waals surface area contributed by atoms with Crippen molar-refractivity contribution in [3.05, 3.63) is 45.1 Å². The number of nitrogens with zero attached hydrogens (tertiary/aromatic N) is 2. The molecule has 0 unspecified atom stereocenters. The van der Waals surface area contributed by atoms with Crippen LogP contribution >= 0.6 is 31.9 Å². The summed E-state index contributed by atoms with van der Waals surface area (Å²) in [5.41, 5.74) is 2.05. The molecule has 0 saturated carbocycles. The Kier molecular flexibility index (Phi) is 5.63. The van der Waals surface area contributed by atoms with Crippen molar-refractivity contribution in [1.82, 2.24) is 9.55 Å². The first-order valence-corrected chi connectivity index (χ1v) is 10.2. The van der Waals surface area contributed by atoms with Crippen LogP contribution in [0, 0.1) is 5.92 Å². The summed E-state index contributed by atoms with van der Waals surface area (Å²) in [5.74, 6) is 3.17. The van der Waals surface area contributed by atoms with Crippen LogP contribution in [-0.2, 0) is 6.42 Å². The predicted octanol–water partition coefficient (Wildman–Crippen LogP) is 6.84. The zero-order valence-electron chi connectivity index (χ0n) is 15.3. The zero-order valence-corrected chi connectivity index (χ0v) is 18.4. The molecule has 0 bridgehead atoms. The molecule has 3 rings (SSSR count). The molecule has 0 radical (unpaired) electrons. The maximum atomic E-state index is 9.67. The molecule has 138 valence electrons. The highest BCUT2D eigenvalue weighted by atomic mass is 79.9. The number of phenols is 1. The molecule has 1 N–H and O–H groups in total. The molecular formula is C20H22Br2N2O2. The van der Waals surface area contributed by atoms with E-state index in [-0.39, 0.29) is 5.75 Å². The van der Waals surface area contributed by atoms with Crippen molar-refractivity contribution < 1.29 is 9.84 Å². The lowest BCUT2D eigenvalue weighted by Crippen LogP contribution is -2.08. The van der Waals surface area contributed by atoms with Gasteiger partial charge in [0.2, 0.25) is 0 Å². The number of aromatic nitrogens is 2. The fraction of sp³-hybridized carbons (Fsp3) is 0.350. The van der Waals surface area contributed by atoms with Crippen LogP contribution in [0.2, 0.25) is 0 Å². The summed E-state index contributed by atoms with van der Waals surface area (Å²) in [6, 6.07) is 9.48. The average Bonchev–Trinajstić information content (AvgIpc) is 2.87. The standard InChI is InChI=1S/C20H22Br2N2O2/c1-11(2)7-19-23-17-6-5-14(10-18(17)24(19)12(3)4)26-20-15(21)8-13(25)9-16(20)22/h5-6,8-12,25H,7H2,1-4H3. The third-order valence-corrected chi connectivity index (χ3v) is 5.22. The molecule has 0 fully saturated rings. The summed E-state index contributed by atoms with van der Waals surface area (Å²) in [6.45, 7) is 8.76. The number of benzene rings is 2. The van der Waals surface area contributed by atoms with E-state index in [9.17, 15) is 5.11 Å². The average molecular weight is 482 g/mol. The highest BCUT2D eigenvalue weighted by molar-refractivity contribution is 9.11. The van der Waals surface area contributed by atoms with Crippen LogP contribution in [0.15, 0.2) is 39.3 Å². The molecule has 0 aliphatic carbocycles. The van der Waals surface area contributed by atoms with Gasteiger partial charge in [0.15, 0.2) is 5.75 Å². The number of hydrogen-bond acceptors (Lipinski definition) is 3. The van der Waals surface area contributed by atoms with Crippen molar-refractivity contribution in [1.29, 1.82) is 0 Å². The van der Waals surface area contributed by atoms with E-state index in [4.69, 9.17) is 9.72 Å². The molecule has 3 aromatic rings. The van der Waals surface area contributed by atoms with Gasteiger partial charge in [-0.05, 0) is 75.9 Å². The Morgan fingerprint density at radius 2 is 1.73 bits per heavy atom. The first-order valence-electron chi connectivity index (χ1n) is 8.63. The molecule has 1 heterocycles. The van der Waals surface area contributed by atoms with E-state index >= 15 is 0 Å². The summed E-state index contributed by atoms with van der Waals surface area (Å²) in [4.78, 5) is 4.82. The number of rotatable bonds is 5. The SMILES string of the molecule is CC(C)Cc1nc2ccc(Oc3c(Br)cc(O)cc3Br)cc2n1C(C)C. The summed E-state index contributed by atoms with van der Waals surface area (Å²) >= 11 is 6.88. The second-order valence-electron chi connectivity index (χ2n) is 7.08. The molecule has 2 aromatic carbocycles. The third-order valence-electron chi connectivity index (χ3n) is 4.04. The number of phenolic OH excluding ortho intramolecular Hbond substituents is 1. The molecular weight excluding hydrogens is 460 g/mol. The minimum atomic E-state index is 0.169. The van der Waals surface area contributed by atoms with Gasteiger partial charge in [-0.2, -0.15) is 0 Å². The minimum absolute atomic E-state index is 0.169. The lowest BCUT2D eigenvalue weighted by molar-refractivity contribution is 0.459. The Balaban J connectivity index is 2.05. The number of ether oxygens (including phenoxy) is 1. The molecule has 26 heavy (non-hydrogen) atoms. The number of fused-ring (bicyclic) bond motifs is 1. The second kappa shape index (κ2) is 7.61.